The predicted octanol–water partition coefficient (Wildman–Crippen LogP) is -1.95. The summed E-state index contributed by atoms with van der Waals surface area (Å²) >= 11 is 0. The highest BCUT2D eigenvalue weighted by atomic mass is 16.7. The Morgan fingerprint density at radius 1 is 0.833 bits per heavy atom. The Kier molecular flexibility index (Phi) is 7.91. The molecular weight excluding hydrogens is 488 g/mol. The van der Waals surface area contributed by atoms with Gasteiger partial charge >= 0.3 is 18.2 Å². The zero-order chi connectivity index (χ0) is 26.1. The number of aliphatic hydroxyl groups excluding tert-OH is 4. The van der Waals surface area contributed by atoms with Crippen LogP contribution in [-0.4, -0.2) is 136 Å². The lowest BCUT2D eigenvalue weighted by molar-refractivity contribution is -0.265. The van der Waals surface area contributed by atoms with Crippen LogP contribution in [0.25, 0.3) is 0 Å². The maximum Gasteiger partial charge on any atom is 0.419 e. The highest BCUT2D eigenvalue weighted by molar-refractivity contribution is 6.01. The number of aliphatic hydroxyl groups is 4. The summed E-state index contributed by atoms with van der Waals surface area (Å²) in [4.78, 5) is 40.4. The number of fused-ring (bicyclic) bond motifs is 2. The fraction of sp³-hybridized carbons (Fsp3) is 0.667. The smallest absolute Gasteiger partial charge is 0.419 e. The maximum absolute atomic E-state index is 13.7. The number of nitrogens with zero attached hydrogens (tertiary/aromatic N) is 2. The third kappa shape index (κ3) is 4.37. The number of urea groups is 1. The van der Waals surface area contributed by atoms with Gasteiger partial charge in [-0.15, -0.1) is 13.2 Å². The minimum Gasteiger partial charge on any atom is -0.440 e. The molecule has 4 fully saturated rings. The lowest BCUT2D eigenvalue weighted by atomic mass is 9.96. The van der Waals surface area contributed by atoms with Crippen molar-refractivity contribution in [2.45, 2.75) is 61.3 Å². The van der Waals surface area contributed by atoms with Crippen LogP contribution in [0.5, 0.6) is 0 Å². The van der Waals surface area contributed by atoms with Crippen LogP contribution in [0, 0.1) is 0 Å². The highest BCUT2D eigenvalue weighted by Gasteiger charge is 2.64. The van der Waals surface area contributed by atoms with Gasteiger partial charge in [-0.3, -0.25) is 0 Å². The molecule has 0 bridgehead atoms. The summed E-state index contributed by atoms with van der Waals surface area (Å²) in [6.45, 7) is 5.63. The predicted molar refractivity (Wildman–Crippen MR) is 113 cm³/mol. The summed E-state index contributed by atoms with van der Waals surface area (Å²) in [6, 6.07) is -3.95. The molecule has 4 rings (SSSR count). The first-order valence-corrected chi connectivity index (χ1v) is 11.2. The van der Waals surface area contributed by atoms with E-state index in [1.807, 2.05) is 0 Å². The van der Waals surface area contributed by atoms with E-state index in [1.165, 1.54) is 12.2 Å². The van der Waals surface area contributed by atoms with E-state index in [1.54, 1.807) is 0 Å². The molecule has 0 spiro atoms. The number of amides is 4. The van der Waals surface area contributed by atoms with E-state index in [-0.39, 0.29) is 13.2 Å². The van der Waals surface area contributed by atoms with Crippen molar-refractivity contribution >= 4 is 18.2 Å². The third-order valence-corrected chi connectivity index (χ3v) is 6.28. The van der Waals surface area contributed by atoms with Crippen molar-refractivity contribution in [1.29, 1.82) is 0 Å². The van der Waals surface area contributed by atoms with Crippen molar-refractivity contribution in [3.63, 3.8) is 0 Å². The molecule has 0 unspecified atom stereocenters. The molecule has 10 atom stereocenters. The number of hydrogen-bond donors (Lipinski definition) is 4. The standard InChI is InChI=1S/C21H28N2O13/c1-3-5-31-17-11-15(13(26)9(7-24)33-17)35-20(29)22(11)19(28)23-12-16(36-21(23)30)14(27)10(8-25)34-18(12)32-6-4-2/h3-4,9-18,24-27H,1-2,5-8H2/t9-,10-,11-,12-,13-,14-,15-,16-,17+,18+/m1/s1. The molecular formula is C21H28N2O13. The number of carbonyl (C=O) groups is 3. The van der Waals surface area contributed by atoms with Crippen LogP contribution in [0.4, 0.5) is 14.4 Å². The SMILES string of the molecule is C=CCO[C@H]1O[C@H](CO)[C@@H](O)[C@@H]2OC(=O)N(C(=O)N3C(=O)O[C@H]4[C@H](O)[C@@H](CO)O[C@H](OCC=C)[C@@H]43)[C@@H]12. The largest absolute Gasteiger partial charge is 0.440 e. The van der Waals surface area contributed by atoms with Gasteiger partial charge in [-0.25, -0.2) is 24.2 Å². The molecule has 4 heterocycles. The summed E-state index contributed by atoms with van der Waals surface area (Å²) in [6.07, 6.45) is -10.5. The quantitative estimate of drug-likeness (QED) is 0.260. The van der Waals surface area contributed by atoms with Crippen LogP contribution in [0.1, 0.15) is 0 Å². The minimum atomic E-state index is -1.52. The fourth-order valence-corrected chi connectivity index (χ4v) is 4.64. The molecule has 4 amide bonds. The molecule has 4 aliphatic rings. The van der Waals surface area contributed by atoms with Crippen molar-refractivity contribution in [3.8, 4) is 0 Å². The normalized spacial score (nSPS) is 39.8. The molecule has 0 aromatic rings. The molecule has 15 heteroatoms. The first-order chi connectivity index (χ1) is 17.3. The molecule has 4 saturated heterocycles. The van der Waals surface area contributed by atoms with Gasteiger partial charge < -0.3 is 48.8 Å². The lowest BCUT2D eigenvalue weighted by Gasteiger charge is -2.42. The first kappa shape index (κ1) is 26.4. The number of hydrogen-bond acceptors (Lipinski definition) is 13. The summed E-state index contributed by atoms with van der Waals surface area (Å²) < 4.78 is 32.6. The van der Waals surface area contributed by atoms with E-state index in [4.69, 9.17) is 28.4 Å². The summed E-state index contributed by atoms with van der Waals surface area (Å²) in [5.74, 6) is 0. The van der Waals surface area contributed by atoms with Gasteiger partial charge in [0, 0.05) is 0 Å². The summed E-state index contributed by atoms with van der Waals surface area (Å²) in [5, 5.41) is 40.2. The monoisotopic (exact) mass is 516 g/mol. The van der Waals surface area contributed by atoms with Gasteiger partial charge in [-0.05, 0) is 0 Å². The molecule has 4 N–H and O–H groups in total. The van der Waals surface area contributed by atoms with Gasteiger partial charge in [0.05, 0.1) is 26.4 Å². The maximum atomic E-state index is 13.7. The number of rotatable bonds is 8. The highest BCUT2D eigenvalue weighted by Crippen LogP contribution is 2.38. The van der Waals surface area contributed by atoms with Crippen molar-refractivity contribution < 1.29 is 63.2 Å². The molecule has 15 nitrogen and oxygen atoms in total. The number of carbonyl (C=O) groups excluding carboxylic acids is 3. The van der Waals surface area contributed by atoms with Crippen molar-refractivity contribution in [2.24, 2.45) is 0 Å². The molecule has 0 aromatic heterocycles. The van der Waals surface area contributed by atoms with E-state index < -0.39 is 92.7 Å². The van der Waals surface area contributed by atoms with Crippen molar-refractivity contribution in [1.82, 2.24) is 9.80 Å². The molecule has 0 aromatic carbocycles. The minimum absolute atomic E-state index is 0.0745. The van der Waals surface area contributed by atoms with E-state index in [0.29, 0.717) is 9.80 Å². The molecule has 0 saturated carbocycles. The average molecular weight is 516 g/mol. The zero-order valence-corrected chi connectivity index (χ0v) is 19.0. The van der Waals surface area contributed by atoms with E-state index >= 15 is 0 Å². The van der Waals surface area contributed by atoms with Crippen molar-refractivity contribution in [3.05, 3.63) is 25.3 Å². The Bertz CT molecular complexity index is 818. The summed E-state index contributed by atoms with van der Waals surface area (Å²) in [5.41, 5.74) is 0. The van der Waals surface area contributed by atoms with Gasteiger partial charge in [-0.2, -0.15) is 0 Å². The Labute approximate surface area is 204 Å². The van der Waals surface area contributed by atoms with Gasteiger partial charge in [-0.1, -0.05) is 12.2 Å². The molecule has 0 radical (unpaired) electrons. The van der Waals surface area contributed by atoms with Crippen LogP contribution in [0.3, 0.4) is 0 Å². The molecule has 4 aliphatic heterocycles. The molecule has 0 aliphatic carbocycles. The Morgan fingerprint density at radius 2 is 1.22 bits per heavy atom. The van der Waals surface area contributed by atoms with Crippen LogP contribution in [-0.2, 0) is 28.4 Å². The van der Waals surface area contributed by atoms with E-state index in [9.17, 15) is 34.8 Å². The number of imide groups is 2. The summed E-state index contributed by atoms with van der Waals surface area (Å²) in [7, 11) is 0. The van der Waals surface area contributed by atoms with Gasteiger partial charge in [0.2, 0.25) is 0 Å². The Morgan fingerprint density at radius 3 is 1.56 bits per heavy atom. The zero-order valence-electron chi connectivity index (χ0n) is 19.0. The second kappa shape index (κ2) is 10.8. The Hall–Kier alpha value is -2.63. The first-order valence-electron chi connectivity index (χ1n) is 11.2. The fourth-order valence-electron chi connectivity index (χ4n) is 4.64. The second-order valence-corrected chi connectivity index (χ2v) is 8.38. The topological polar surface area (TPSA) is 194 Å². The van der Waals surface area contributed by atoms with Crippen LogP contribution in [0.2, 0.25) is 0 Å². The average Bonchev–Trinajstić information content (AvgIpc) is 3.40. The lowest BCUT2D eigenvalue weighted by Crippen LogP contribution is -2.66. The third-order valence-electron chi connectivity index (χ3n) is 6.28. The molecule has 36 heavy (non-hydrogen) atoms. The van der Waals surface area contributed by atoms with Crippen molar-refractivity contribution in [2.75, 3.05) is 26.4 Å². The van der Waals surface area contributed by atoms with Gasteiger partial charge in [0.15, 0.2) is 24.8 Å². The Balaban J connectivity index is 1.66. The van der Waals surface area contributed by atoms with Crippen LogP contribution >= 0.6 is 0 Å². The molecule has 200 valence electrons. The second-order valence-electron chi connectivity index (χ2n) is 8.38. The van der Waals surface area contributed by atoms with Crippen LogP contribution < -0.4 is 0 Å². The van der Waals surface area contributed by atoms with E-state index in [0.717, 1.165) is 0 Å². The number of ether oxygens (including phenoxy) is 6. The van der Waals surface area contributed by atoms with E-state index in [2.05, 4.69) is 13.2 Å². The van der Waals surface area contributed by atoms with Gasteiger partial charge in [0.1, 0.15) is 36.5 Å². The van der Waals surface area contributed by atoms with Crippen LogP contribution in [0.15, 0.2) is 25.3 Å². The van der Waals surface area contributed by atoms with Gasteiger partial charge in [0.25, 0.3) is 0 Å².